The second-order valence-corrected chi connectivity index (χ2v) is 6.09. The molecule has 1 aromatic carbocycles. The lowest BCUT2D eigenvalue weighted by molar-refractivity contribution is -0.142. The van der Waals surface area contributed by atoms with Gasteiger partial charge in [0.15, 0.2) is 0 Å². The number of hydrogen-bond acceptors (Lipinski definition) is 4. The highest BCUT2D eigenvalue weighted by atomic mass is 19.1. The van der Waals surface area contributed by atoms with Crippen LogP contribution in [0.3, 0.4) is 0 Å². The van der Waals surface area contributed by atoms with Crippen LogP contribution in [0, 0.1) is 5.82 Å². The Morgan fingerprint density at radius 3 is 2.77 bits per heavy atom. The smallest absolute Gasteiger partial charge is 0.320 e. The third kappa shape index (κ3) is 3.80. The molecule has 1 aliphatic heterocycles. The van der Waals surface area contributed by atoms with Gasteiger partial charge in [0.1, 0.15) is 11.9 Å². The quantitative estimate of drug-likeness (QED) is 0.843. The lowest BCUT2D eigenvalue weighted by Crippen LogP contribution is -2.41. The highest BCUT2D eigenvalue weighted by Gasteiger charge is 2.31. The molecular weight excluding hydrogens is 341 g/mol. The molecule has 7 nitrogen and oxygen atoms in total. The Hall–Kier alpha value is -3.00. The minimum absolute atomic E-state index is 0.0196. The average Bonchev–Trinajstić information content (AvgIpc) is 3.05. The summed E-state index contributed by atoms with van der Waals surface area (Å²) in [7, 11) is 0. The molecule has 0 saturated carbocycles. The van der Waals surface area contributed by atoms with Crippen LogP contribution in [0.1, 0.15) is 12.8 Å². The number of carboxylic acid groups (broad SMARTS) is 1. The van der Waals surface area contributed by atoms with Crippen molar-refractivity contribution < 1.29 is 19.1 Å². The van der Waals surface area contributed by atoms with Crippen LogP contribution in [0.2, 0.25) is 0 Å². The lowest BCUT2D eigenvalue weighted by atomic mass is 10.2. The van der Waals surface area contributed by atoms with Gasteiger partial charge in [-0.2, -0.15) is 0 Å². The summed E-state index contributed by atoms with van der Waals surface area (Å²) in [5.41, 5.74) is 0.0304. The predicted molar refractivity (Wildman–Crippen MR) is 92.9 cm³/mol. The van der Waals surface area contributed by atoms with Crippen molar-refractivity contribution in [3.63, 3.8) is 0 Å². The van der Waals surface area contributed by atoms with E-state index in [0.29, 0.717) is 25.1 Å². The number of hydrogen-bond donors (Lipinski definition) is 2. The molecule has 1 amide bonds. The van der Waals surface area contributed by atoms with E-state index in [4.69, 9.17) is 5.11 Å². The number of halogens is 1. The van der Waals surface area contributed by atoms with Gasteiger partial charge in [0.25, 0.3) is 5.56 Å². The molecule has 26 heavy (non-hydrogen) atoms. The van der Waals surface area contributed by atoms with Crippen molar-refractivity contribution in [2.45, 2.75) is 18.9 Å². The minimum Gasteiger partial charge on any atom is -0.480 e. The van der Waals surface area contributed by atoms with Crippen molar-refractivity contribution in [3.05, 3.63) is 58.8 Å². The van der Waals surface area contributed by atoms with Crippen LogP contribution in [-0.2, 0) is 9.59 Å². The van der Waals surface area contributed by atoms with Crippen LogP contribution < -0.4 is 10.9 Å². The number of likely N-dealkylation sites (tertiary alicyclic amines) is 1. The van der Waals surface area contributed by atoms with E-state index in [-0.39, 0.29) is 17.8 Å². The number of nitrogens with zero attached hydrogens (tertiary/aromatic N) is 2. The first-order valence-electron chi connectivity index (χ1n) is 8.20. The van der Waals surface area contributed by atoms with Crippen LogP contribution in [0.5, 0.6) is 0 Å². The molecule has 3 rings (SSSR count). The number of aliphatic carboxylic acids is 1. The molecule has 0 radical (unpaired) electrons. The number of nitrogens with one attached hydrogen (secondary N) is 1. The number of aromatic nitrogens is 1. The van der Waals surface area contributed by atoms with Gasteiger partial charge in [0.2, 0.25) is 5.91 Å². The number of benzene rings is 1. The van der Waals surface area contributed by atoms with E-state index in [2.05, 4.69) is 5.32 Å². The second-order valence-electron chi connectivity index (χ2n) is 6.09. The molecule has 2 N–H and O–H groups in total. The van der Waals surface area contributed by atoms with Crippen molar-refractivity contribution in [3.8, 4) is 5.69 Å². The first-order valence-corrected chi connectivity index (χ1v) is 8.20. The van der Waals surface area contributed by atoms with Gasteiger partial charge >= 0.3 is 5.97 Å². The third-order valence-corrected chi connectivity index (χ3v) is 4.32. The Kier molecular flexibility index (Phi) is 5.13. The van der Waals surface area contributed by atoms with E-state index in [0.717, 1.165) is 6.07 Å². The van der Waals surface area contributed by atoms with Crippen molar-refractivity contribution in [2.75, 3.05) is 18.4 Å². The minimum atomic E-state index is -0.959. The maximum Gasteiger partial charge on any atom is 0.320 e. The van der Waals surface area contributed by atoms with E-state index < -0.39 is 23.7 Å². The molecular formula is C18H18FN3O4. The monoisotopic (exact) mass is 359 g/mol. The number of anilines is 1. The zero-order valence-corrected chi connectivity index (χ0v) is 13.9. The maximum atomic E-state index is 14.3. The lowest BCUT2D eigenvalue weighted by Gasteiger charge is -2.20. The number of pyridine rings is 1. The standard InChI is InChI=1S/C18H18FN3O4/c19-13-10-12(22-9-2-1-5-17(22)24)6-7-14(13)20-16(23)11-21-8-3-4-15(21)18(25)26/h1-2,5-7,9-10,15H,3-4,8,11H2,(H,20,23)(H,25,26). The Balaban J connectivity index is 1.70. The van der Waals surface area contributed by atoms with Crippen molar-refractivity contribution in [1.82, 2.24) is 9.47 Å². The molecule has 136 valence electrons. The van der Waals surface area contributed by atoms with Gasteiger partial charge in [-0.1, -0.05) is 6.07 Å². The summed E-state index contributed by atoms with van der Waals surface area (Å²) >= 11 is 0. The van der Waals surface area contributed by atoms with Crippen LogP contribution in [0.4, 0.5) is 10.1 Å². The summed E-state index contributed by atoms with van der Waals surface area (Å²) in [5.74, 6) is -2.12. The Labute approximate surface area is 148 Å². The topological polar surface area (TPSA) is 91.6 Å². The van der Waals surface area contributed by atoms with Crippen molar-refractivity contribution >= 4 is 17.6 Å². The molecule has 2 heterocycles. The van der Waals surface area contributed by atoms with Crippen molar-refractivity contribution in [1.29, 1.82) is 0 Å². The Morgan fingerprint density at radius 1 is 1.27 bits per heavy atom. The van der Waals surface area contributed by atoms with Crippen molar-refractivity contribution in [2.24, 2.45) is 0 Å². The number of carbonyl (C=O) groups excluding carboxylic acids is 1. The van der Waals surface area contributed by atoms with Gasteiger partial charge in [-0.05, 0) is 37.6 Å². The van der Waals surface area contributed by atoms with Gasteiger partial charge in [-0.25, -0.2) is 4.39 Å². The van der Waals surface area contributed by atoms with E-state index in [1.807, 2.05) is 0 Å². The maximum absolute atomic E-state index is 14.3. The number of amides is 1. The molecule has 1 aliphatic rings. The fraction of sp³-hybridized carbons (Fsp3) is 0.278. The third-order valence-electron chi connectivity index (χ3n) is 4.32. The normalized spacial score (nSPS) is 17.2. The number of carboxylic acids is 1. The molecule has 0 aliphatic carbocycles. The Morgan fingerprint density at radius 2 is 2.08 bits per heavy atom. The zero-order valence-electron chi connectivity index (χ0n) is 13.9. The Bertz CT molecular complexity index is 896. The molecule has 1 fully saturated rings. The van der Waals surface area contributed by atoms with Crippen LogP contribution in [0.15, 0.2) is 47.4 Å². The molecule has 1 saturated heterocycles. The highest BCUT2D eigenvalue weighted by Crippen LogP contribution is 2.19. The summed E-state index contributed by atoms with van der Waals surface area (Å²) in [6.45, 7) is 0.402. The highest BCUT2D eigenvalue weighted by molar-refractivity contribution is 5.93. The predicted octanol–water partition coefficient (Wildman–Crippen LogP) is 1.46. The van der Waals surface area contributed by atoms with E-state index in [1.165, 1.54) is 29.0 Å². The summed E-state index contributed by atoms with van der Waals surface area (Å²) in [6.07, 6.45) is 2.73. The van der Waals surface area contributed by atoms with E-state index >= 15 is 0 Å². The fourth-order valence-corrected chi connectivity index (χ4v) is 3.07. The molecule has 8 heteroatoms. The van der Waals surface area contributed by atoms with Gasteiger partial charge in [0.05, 0.1) is 17.9 Å². The summed E-state index contributed by atoms with van der Waals surface area (Å²) in [5, 5.41) is 11.6. The summed E-state index contributed by atoms with van der Waals surface area (Å²) < 4.78 is 15.6. The molecule has 2 aromatic rings. The number of rotatable bonds is 5. The zero-order chi connectivity index (χ0) is 18.7. The largest absolute Gasteiger partial charge is 0.480 e. The van der Waals surface area contributed by atoms with Crippen LogP contribution in [-0.4, -0.2) is 45.6 Å². The molecule has 0 spiro atoms. The fourth-order valence-electron chi connectivity index (χ4n) is 3.07. The number of carbonyl (C=O) groups is 2. The van der Waals surface area contributed by atoms with E-state index in [1.54, 1.807) is 17.0 Å². The summed E-state index contributed by atoms with van der Waals surface area (Å²) in [6, 6.07) is 7.99. The van der Waals surface area contributed by atoms with Gasteiger partial charge in [-0.3, -0.25) is 23.9 Å². The second kappa shape index (κ2) is 7.49. The molecule has 1 aromatic heterocycles. The average molecular weight is 359 g/mol. The van der Waals surface area contributed by atoms with Gasteiger partial charge in [-0.15, -0.1) is 0 Å². The molecule has 1 atom stereocenters. The summed E-state index contributed by atoms with van der Waals surface area (Å²) in [4.78, 5) is 36.6. The SMILES string of the molecule is O=C(CN1CCCC1C(=O)O)Nc1ccc(-n2ccccc2=O)cc1F. The first kappa shape index (κ1) is 17.8. The first-order chi connectivity index (χ1) is 12.5. The van der Waals surface area contributed by atoms with Gasteiger partial charge < -0.3 is 10.4 Å². The van der Waals surface area contributed by atoms with Crippen LogP contribution in [0.25, 0.3) is 5.69 Å². The van der Waals surface area contributed by atoms with E-state index in [9.17, 15) is 18.8 Å². The molecule has 1 unspecified atom stereocenters. The van der Waals surface area contributed by atoms with Crippen LogP contribution >= 0.6 is 0 Å². The van der Waals surface area contributed by atoms with Gasteiger partial charge in [0, 0.05) is 18.3 Å². The molecule has 0 bridgehead atoms.